The van der Waals surface area contributed by atoms with Crippen molar-refractivity contribution in [2.24, 2.45) is 0 Å². The first-order chi connectivity index (χ1) is 20.1. The van der Waals surface area contributed by atoms with Crippen molar-refractivity contribution in [3.63, 3.8) is 0 Å². The zero-order valence-electron chi connectivity index (χ0n) is 25.6. The molecule has 0 amide bonds. The van der Waals surface area contributed by atoms with Crippen LogP contribution in [-0.4, -0.2) is 30.5 Å². The standard InChI is InChI=1S/C36H52Cl2NO2/c1-4-6-8-10-12-13-14-15-17-19-34-31-21-23-35(40-3)36(41-26-18-16-11-9-7-5-2)32(31)24-25-39(34)28-29-27-30(37)20-22-33(29)38/h5,20-23,27H,2,4,6-19,24-26,28H2,1,3H3/q+1. The van der Waals surface area contributed by atoms with Gasteiger partial charge in [-0.15, -0.1) is 6.58 Å². The van der Waals surface area contributed by atoms with E-state index >= 15 is 0 Å². The molecule has 0 aromatic heterocycles. The van der Waals surface area contributed by atoms with E-state index in [0.29, 0.717) is 0 Å². The SMILES string of the molecule is C=CCCCCCCOc1c(OC)ccc2c1CC[N+](Cc1cc(Cl)ccc1Cl)=C2CCCCCCCCCCC. The first-order valence-electron chi connectivity index (χ1n) is 16.1. The Kier molecular flexibility index (Phi) is 15.8. The van der Waals surface area contributed by atoms with E-state index in [-0.39, 0.29) is 0 Å². The molecule has 0 unspecified atom stereocenters. The molecule has 41 heavy (non-hydrogen) atoms. The number of halogens is 2. The van der Waals surface area contributed by atoms with Crippen LogP contribution in [0.25, 0.3) is 0 Å². The number of allylic oxidation sites excluding steroid dienone is 1. The zero-order chi connectivity index (χ0) is 29.3. The smallest absolute Gasteiger partial charge is 0.184 e. The van der Waals surface area contributed by atoms with Crippen LogP contribution in [0.2, 0.25) is 10.0 Å². The lowest BCUT2D eigenvalue weighted by atomic mass is 9.91. The Balaban J connectivity index is 1.75. The second kappa shape index (κ2) is 19.3. The summed E-state index contributed by atoms with van der Waals surface area (Å²) in [6.45, 7) is 8.51. The molecule has 3 nitrogen and oxygen atoms in total. The number of rotatable bonds is 21. The molecule has 0 saturated heterocycles. The van der Waals surface area contributed by atoms with Gasteiger partial charge in [0.05, 0.1) is 18.7 Å². The highest BCUT2D eigenvalue weighted by Crippen LogP contribution is 2.37. The molecular formula is C36H52Cl2NO2+. The summed E-state index contributed by atoms with van der Waals surface area (Å²) >= 11 is 13.0. The summed E-state index contributed by atoms with van der Waals surface area (Å²) in [6, 6.07) is 10.1. The number of methoxy groups -OCH3 is 1. The number of nitrogens with zero attached hydrogens (tertiary/aromatic N) is 1. The largest absolute Gasteiger partial charge is 0.493 e. The van der Waals surface area contributed by atoms with Gasteiger partial charge in [-0.2, -0.15) is 0 Å². The lowest BCUT2D eigenvalue weighted by Gasteiger charge is -2.23. The summed E-state index contributed by atoms with van der Waals surface area (Å²) in [5, 5.41) is 1.50. The number of hydrogen-bond acceptors (Lipinski definition) is 2. The average molecular weight is 602 g/mol. The van der Waals surface area contributed by atoms with Gasteiger partial charge in [0.1, 0.15) is 6.54 Å². The minimum absolute atomic E-state index is 0.719. The van der Waals surface area contributed by atoms with Crippen LogP contribution in [0.15, 0.2) is 43.0 Å². The summed E-state index contributed by atoms with van der Waals surface area (Å²) in [5.74, 6) is 1.77. The summed E-state index contributed by atoms with van der Waals surface area (Å²) in [4.78, 5) is 0. The van der Waals surface area contributed by atoms with Crippen molar-refractivity contribution in [3.05, 3.63) is 69.7 Å². The second-order valence-electron chi connectivity index (χ2n) is 11.4. The first-order valence-corrected chi connectivity index (χ1v) is 16.8. The van der Waals surface area contributed by atoms with Gasteiger partial charge in [-0.3, -0.25) is 0 Å². The van der Waals surface area contributed by atoms with E-state index < -0.39 is 0 Å². The molecule has 5 heteroatoms. The highest BCUT2D eigenvalue weighted by Gasteiger charge is 2.30. The molecule has 0 radical (unpaired) electrons. The maximum absolute atomic E-state index is 6.61. The maximum atomic E-state index is 6.61. The van der Waals surface area contributed by atoms with Crippen molar-refractivity contribution in [1.82, 2.24) is 0 Å². The van der Waals surface area contributed by atoms with Gasteiger partial charge in [0.25, 0.3) is 0 Å². The quantitative estimate of drug-likeness (QED) is 0.0806. The van der Waals surface area contributed by atoms with Gasteiger partial charge < -0.3 is 9.47 Å². The maximum Gasteiger partial charge on any atom is 0.184 e. The lowest BCUT2D eigenvalue weighted by Crippen LogP contribution is -2.30. The molecule has 1 aliphatic rings. The minimum Gasteiger partial charge on any atom is -0.493 e. The third-order valence-corrected chi connectivity index (χ3v) is 8.81. The van der Waals surface area contributed by atoms with E-state index in [1.54, 1.807) is 7.11 Å². The Labute approximate surface area is 259 Å². The van der Waals surface area contributed by atoms with Crippen LogP contribution in [0.1, 0.15) is 120 Å². The van der Waals surface area contributed by atoms with Crippen LogP contribution >= 0.6 is 23.2 Å². The lowest BCUT2D eigenvalue weighted by molar-refractivity contribution is -0.545. The van der Waals surface area contributed by atoms with Crippen molar-refractivity contribution in [3.8, 4) is 11.5 Å². The van der Waals surface area contributed by atoms with Crippen molar-refractivity contribution in [2.45, 2.75) is 116 Å². The van der Waals surface area contributed by atoms with Crippen molar-refractivity contribution in [1.29, 1.82) is 0 Å². The van der Waals surface area contributed by atoms with Crippen molar-refractivity contribution >= 4 is 28.9 Å². The van der Waals surface area contributed by atoms with Crippen LogP contribution < -0.4 is 9.47 Å². The van der Waals surface area contributed by atoms with Gasteiger partial charge in [0.15, 0.2) is 23.8 Å². The predicted octanol–water partition coefficient (Wildman–Crippen LogP) is 11.0. The summed E-state index contributed by atoms with van der Waals surface area (Å²) in [6.07, 6.45) is 21.7. The van der Waals surface area contributed by atoms with Crippen LogP contribution in [0, 0.1) is 0 Å². The Hall–Kier alpha value is -1.97. The van der Waals surface area contributed by atoms with Gasteiger partial charge in [-0.05, 0) is 56.0 Å². The second-order valence-corrected chi connectivity index (χ2v) is 12.2. The zero-order valence-corrected chi connectivity index (χ0v) is 27.1. The molecule has 1 aliphatic heterocycles. The third-order valence-electron chi connectivity index (χ3n) is 8.20. The molecule has 0 spiro atoms. The van der Waals surface area contributed by atoms with Crippen LogP contribution in [0.3, 0.4) is 0 Å². The van der Waals surface area contributed by atoms with Crippen molar-refractivity contribution in [2.75, 3.05) is 20.3 Å². The molecule has 0 saturated carbocycles. The summed E-state index contributed by atoms with van der Waals surface area (Å²) in [5.41, 5.74) is 5.06. The number of fused-ring (bicyclic) bond motifs is 1. The fraction of sp³-hybridized carbons (Fsp3) is 0.583. The highest BCUT2D eigenvalue weighted by atomic mass is 35.5. The Morgan fingerprint density at radius 2 is 1.59 bits per heavy atom. The average Bonchev–Trinajstić information content (AvgIpc) is 2.98. The molecule has 226 valence electrons. The van der Waals surface area contributed by atoms with Crippen LogP contribution in [-0.2, 0) is 13.0 Å². The molecule has 1 heterocycles. The Morgan fingerprint density at radius 1 is 0.878 bits per heavy atom. The molecule has 3 rings (SSSR count). The molecule has 0 bridgehead atoms. The molecular weight excluding hydrogens is 549 g/mol. The van der Waals surface area contributed by atoms with E-state index in [9.17, 15) is 0 Å². The molecule has 0 aliphatic carbocycles. The number of hydrogen-bond donors (Lipinski definition) is 0. The molecule has 0 atom stereocenters. The molecule has 0 N–H and O–H groups in total. The van der Waals surface area contributed by atoms with Gasteiger partial charge >= 0.3 is 0 Å². The van der Waals surface area contributed by atoms with E-state index in [2.05, 4.69) is 30.2 Å². The molecule has 2 aromatic rings. The molecule has 2 aromatic carbocycles. The van der Waals surface area contributed by atoms with Crippen LogP contribution in [0.5, 0.6) is 11.5 Å². The molecule has 0 fully saturated rings. The van der Waals surface area contributed by atoms with E-state index in [0.717, 1.165) is 72.5 Å². The minimum atomic E-state index is 0.719. The predicted molar refractivity (Wildman–Crippen MR) is 177 cm³/mol. The van der Waals surface area contributed by atoms with Gasteiger partial charge in [-0.1, -0.05) is 100 Å². The third kappa shape index (κ3) is 11.0. The topological polar surface area (TPSA) is 21.5 Å². The summed E-state index contributed by atoms with van der Waals surface area (Å²) < 4.78 is 14.7. The fourth-order valence-corrected chi connectivity index (χ4v) is 6.23. The van der Waals surface area contributed by atoms with Gasteiger partial charge in [0.2, 0.25) is 0 Å². The normalized spacial score (nSPS) is 12.9. The number of unbranched alkanes of at least 4 members (excludes halogenated alkanes) is 12. The van der Waals surface area contributed by atoms with Gasteiger partial charge in [-0.25, -0.2) is 4.58 Å². The number of ether oxygens (including phenoxy) is 2. The highest BCUT2D eigenvalue weighted by molar-refractivity contribution is 6.33. The van der Waals surface area contributed by atoms with Gasteiger partial charge in [0, 0.05) is 34.6 Å². The van der Waals surface area contributed by atoms with Crippen LogP contribution in [0.4, 0.5) is 0 Å². The van der Waals surface area contributed by atoms with Crippen molar-refractivity contribution < 1.29 is 14.0 Å². The fourth-order valence-electron chi connectivity index (χ4n) is 5.85. The van der Waals surface area contributed by atoms with E-state index in [1.807, 2.05) is 24.3 Å². The van der Waals surface area contributed by atoms with E-state index in [1.165, 1.54) is 93.9 Å². The monoisotopic (exact) mass is 600 g/mol. The summed E-state index contributed by atoms with van der Waals surface area (Å²) in [7, 11) is 1.74. The first kappa shape index (κ1) is 33.5. The van der Waals surface area contributed by atoms with E-state index in [4.69, 9.17) is 32.7 Å². The Morgan fingerprint density at radius 3 is 2.32 bits per heavy atom. The number of benzene rings is 2. The Bertz CT molecular complexity index is 1110.